The van der Waals surface area contributed by atoms with Crippen LogP contribution in [-0.4, -0.2) is 77.8 Å². The van der Waals surface area contributed by atoms with Gasteiger partial charge in [-0.2, -0.15) is 5.10 Å². The number of esters is 1. The van der Waals surface area contributed by atoms with Crippen molar-refractivity contribution in [2.75, 3.05) is 20.8 Å². The summed E-state index contributed by atoms with van der Waals surface area (Å²) in [6, 6.07) is 8.45. The van der Waals surface area contributed by atoms with E-state index >= 15 is 0 Å². The molecule has 0 unspecified atom stereocenters. The van der Waals surface area contributed by atoms with E-state index in [2.05, 4.69) is 10.5 Å². The third kappa shape index (κ3) is 9.57. The molecule has 0 aliphatic rings. The van der Waals surface area contributed by atoms with Crippen LogP contribution in [0.1, 0.15) is 12.5 Å². The summed E-state index contributed by atoms with van der Waals surface area (Å²) in [5, 5.41) is 2.21. The van der Waals surface area contributed by atoms with Crippen molar-refractivity contribution in [3.63, 3.8) is 0 Å². The molecule has 5 aromatic rings. The number of rotatable bonds is 11. The third-order valence-electron chi connectivity index (χ3n) is 7.05. The minimum atomic E-state index is -5.39. The maximum absolute atomic E-state index is 12.7. The fourth-order valence-corrected chi connectivity index (χ4v) is 7.35. The average Bonchev–Trinajstić information content (AvgIpc) is 3.00. The number of carbonyl (C=O) groups excluding carboxylic acids is 2. The quantitative estimate of drug-likeness (QED) is 0.0247. The van der Waals surface area contributed by atoms with Crippen molar-refractivity contribution < 1.29 is 156 Å². The van der Waals surface area contributed by atoms with E-state index in [1.807, 2.05) is 0 Å². The maximum atomic E-state index is 12.7. The Morgan fingerprint density at radius 1 is 0.692 bits per heavy atom. The van der Waals surface area contributed by atoms with Crippen LogP contribution < -0.4 is 113 Å². The van der Waals surface area contributed by atoms with Crippen LogP contribution >= 0.6 is 0 Å². The topological polar surface area (TPSA) is 267 Å². The number of nitrogens with one attached hydrogen (secondary N) is 1. The van der Waals surface area contributed by atoms with E-state index in [1.165, 1.54) is 45.6 Å². The summed E-state index contributed by atoms with van der Waals surface area (Å²) in [6.45, 7) is 0.363. The van der Waals surface area contributed by atoms with Crippen molar-refractivity contribution in [3.8, 4) is 23.0 Å². The molecule has 5 aromatic carbocycles. The predicted molar refractivity (Wildman–Crippen MR) is 166 cm³/mol. The summed E-state index contributed by atoms with van der Waals surface area (Å²) in [5.41, 5.74) is 2.51. The molecule has 1 amide bonds. The molecule has 23 heteroatoms. The molecule has 52 heavy (non-hydrogen) atoms. The van der Waals surface area contributed by atoms with E-state index in [4.69, 9.17) is 18.9 Å². The Balaban J connectivity index is 0.00000312. The van der Waals surface area contributed by atoms with Crippen molar-refractivity contribution in [1.29, 1.82) is 0 Å². The van der Waals surface area contributed by atoms with Crippen LogP contribution in [0.15, 0.2) is 68.3 Å². The number of methoxy groups -OCH3 is 2. The molecule has 0 bridgehead atoms. The first-order valence-electron chi connectivity index (χ1n) is 13.4. The number of nitrogens with zero attached hydrogens (tertiary/aromatic N) is 1. The van der Waals surface area contributed by atoms with Gasteiger partial charge >= 0.3 is 94.6 Å². The molecular weight excluding hydrogens is 781 g/mol. The molecule has 17 nitrogen and oxygen atoms in total. The van der Waals surface area contributed by atoms with Gasteiger partial charge in [0.25, 0.3) is 5.91 Å². The predicted octanol–water partition coefficient (Wildman–Crippen LogP) is -7.22. The smallest absolute Gasteiger partial charge is 0.744 e. The minimum Gasteiger partial charge on any atom is -0.744 e. The van der Waals surface area contributed by atoms with Crippen LogP contribution in [0, 0.1) is 0 Å². The van der Waals surface area contributed by atoms with Gasteiger partial charge < -0.3 is 32.6 Å². The first kappa shape index (κ1) is 46.0. The zero-order valence-corrected chi connectivity index (χ0v) is 36.6. The number of benzene rings is 5. The largest absolute Gasteiger partial charge is 1.00 e. The van der Waals surface area contributed by atoms with E-state index in [9.17, 15) is 48.5 Å². The van der Waals surface area contributed by atoms with Crippen LogP contribution in [0.5, 0.6) is 23.0 Å². The number of hydrazone groups is 1. The van der Waals surface area contributed by atoms with Gasteiger partial charge in [0, 0.05) is 44.8 Å². The van der Waals surface area contributed by atoms with Crippen molar-refractivity contribution in [2.24, 2.45) is 5.10 Å². The molecule has 1 N–H and O–H groups in total. The summed E-state index contributed by atoms with van der Waals surface area (Å²) in [7, 11) is -13.4. The molecule has 5 rings (SSSR count). The van der Waals surface area contributed by atoms with Crippen LogP contribution in [-0.2, 0) is 39.9 Å². The molecule has 0 aromatic heterocycles. The van der Waals surface area contributed by atoms with Gasteiger partial charge in [-0.05, 0) is 30.3 Å². The van der Waals surface area contributed by atoms with Crippen molar-refractivity contribution in [3.05, 3.63) is 54.1 Å². The third-order valence-corrected chi connectivity index (χ3v) is 9.67. The number of carbonyl (C=O) groups is 2. The molecular formula is C29H21N2Na3O15S3. The second kappa shape index (κ2) is 17.6. The van der Waals surface area contributed by atoms with E-state index in [1.54, 1.807) is 0 Å². The van der Waals surface area contributed by atoms with Gasteiger partial charge in [-0.1, -0.05) is 18.2 Å². The number of hydrogen-bond donors (Lipinski definition) is 1. The molecule has 0 aliphatic heterocycles. The Bertz CT molecular complexity index is 2490. The van der Waals surface area contributed by atoms with Crippen LogP contribution in [0.25, 0.3) is 32.3 Å². The van der Waals surface area contributed by atoms with Gasteiger partial charge in [0.2, 0.25) is 5.75 Å². The first-order chi connectivity index (χ1) is 22.8. The van der Waals surface area contributed by atoms with Gasteiger partial charge in [0.15, 0.2) is 18.1 Å². The standard InChI is InChI=1S/C29H24N2O15S3.3Na/c1-14(32)46-29-21(43-2)8-15(9-22(29)44-3)12-30-31-26(33)13-45-20-10-23(47(34,35)36)17-6-7-19-25(49(40,41)42)11-24(48(37,38)39)18-5-4-16(20)27(17)28(18)19;;;/h4-12H,13H2,1-3H3,(H,31,33)(H,34,35,36)(H,37,38,39)(H,40,41,42);;;/q;3*+1/p-3/b30-12-;;;. The summed E-state index contributed by atoms with van der Waals surface area (Å²) in [4.78, 5) is 21.1. The van der Waals surface area contributed by atoms with E-state index in [0.717, 1.165) is 24.3 Å². The van der Waals surface area contributed by atoms with Crippen LogP contribution in [0.3, 0.4) is 0 Å². The Morgan fingerprint density at radius 3 is 1.54 bits per heavy atom. The van der Waals surface area contributed by atoms with Crippen LogP contribution in [0.4, 0.5) is 0 Å². The summed E-state index contributed by atoms with van der Waals surface area (Å²) >= 11 is 0. The second-order valence-electron chi connectivity index (χ2n) is 10.1. The molecule has 258 valence electrons. The monoisotopic (exact) mass is 802 g/mol. The van der Waals surface area contributed by atoms with Crippen molar-refractivity contribution in [2.45, 2.75) is 21.6 Å². The fraction of sp³-hybridized carbons (Fsp3) is 0.138. The van der Waals surface area contributed by atoms with Gasteiger partial charge in [-0.25, -0.2) is 30.7 Å². The van der Waals surface area contributed by atoms with Gasteiger partial charge in [-0.3, -0.25) is 9.59 Å². The molecule has 0 spiro atoms. The molecule has 0 heterocycles. The Morgan fingerprint density at radius 2 is 1.12 bits per heavy atom. The second-order valence-corrected chi connectivity index (χ2v) is 14.2. The molecule has 0 saturated heterocycles. The normalized spacial score (nSPS) is 11.8. The average molecular weight is 803 g/mol. The van der Waals surface area contributed by atoms with Crippen LogP contribution in [0.2, 0.25) is 0 Å². The van der Waals surface area contributed by atoms with Crippen molar-refractivity contribution >= 4 is 80.8 Å². The molecule has 0 saturated carbocycles. The Labute approximate surface area is 362 Å². The van der Waals surface area contributed by atoms with Gasteiger partial charge in [0.1, 0.15) is 36.1 Å². The summed E-state index contributed by atoms with van der Waals surface area (Å²) in [5.74, 6) is -1.66. The zero-order valence-electron chi connectivity index (χ0n) is 28.2. The van der Waals surface area contributed by atoms with E-state index in [0.29, 0.717) is 11.6 Å². The summed E-state index contributed by atoms with van der Waals surface area (Å²) in [6.07, 6.45) is 1.18. The summed E-state index contributed by atoms with van der Waals surface area (Å²) < 4.78 is 131. The van der Waals surface area contributed by atoms with Crippen molar-refractivity contribution in [1.82, 2.24) is 5.43 Å². The number of hydrogen-bond acceptors (Lipinski definition) is 16. The van der Waals surface area contributed by atoms with E-state index < -0.39 is 63.5 Å². The molecule has 0 radical (unpaired) electrons. The Hall–Kier alpha value is -2.12. The van der Waals surface area contributed by atoms with E-state index in [-0.39, 0.29) is 144 Å². The molecule has 0 fully saturated rings. The molecule has 0 atom stereocenters. The first-order valence-corrected chi connectivity index (χ1v) is 17.6. The number of amides is 1. The minimum absolute atomic E-state index is 0. The Kier molecular flexibility index (Phi) is 15.5. The SMILES string of the molecule is COc1cc(/C=N\NC(=O)COc2cc(S(=O)(=O)[O-])c3ccc4c(S(=O)(=O)[O-])cc(S(=O)(=O)[O-])c5ccc2c3c54)cc(OC)c1OC(C)=O.[Na+].[Na+].[Na+]. The van der Waals surface area contributed by atoms with Gasteiger partial charge in [0.05, 0.1) is 35.1 Å². The number of ether oxygens (including phenoxy) is 4. The van der Waals surface area contributed by atoms with Gasteiger partial charge in [-0.15, -0.1) is 0 Å². The zero-order chi connectivity index (χ0) is 36.1. The molecule has 0 aliphatic carbocycles. The fourth-order valence-electron chi connectivity index (χ4n) is 5.18. The maximum Gasteiger partial charge on any atom is 1.00 e.